The van der Waals surface area contributed by atoms with Crippen LogP contribution in [0.5, 0.6) is 0 Å². The molecule has 1 aliphatic carbocycles. The Hall–Kier alpha value is -1.34. The molecule has 1 aromatic rings. The van der Waals surface area contributed by atoms with Crippen molar-refractivity contribution in [3.8, 4) is 0 Å². The van der Waals surface area contributed by atoms with E-state index in [1.807, 2.05) is 0 Å². The van der Waals surface area contributed by atoms with Crippen molar-refractivity contribution in [2.24, 2.45) is 0 Å². The number of anilines is 1. The minimum Gasteiger partial charge on any atom is -0.349 e. The molecule has 150 valence electrons. The molecule has 27 heavy (non-hydrogen) atoms. The number of piperidine rings is 1. The van der Waals surface area contributed by atoms with Gasteiger partial charge in [-0.25, -0.2) is 0 Å². The molecular weight excluding hydrogens is 371 g/mol. The van der Waals surface area contributed by atoms with Crippen LogP contribution >= 0.6 is 12.2 Å². The maximum absolute atomic E-state index is 12.9. The van der Waals surface area contributed by atoms with E-state index in [1.165, 1.54) is 38.2 Å². The third-order valence-electron chi connectivity index (χ3n) is 5.92. The molecule has 1 heterocycles. The Morgan fingerprint density at radius 2 is 1.70 bits per heavy atom. The first-order chi connectivity index (χ1) is 12.8. The molecule has 2 aliphatic rings. The first kappa shape index (κ1) is 20.4. The van der Waals surface area contributed by atoms with Gasteiger partial charge in [-0.15, -0.1) is 0 Å². The Bertz CT molecular complexity index is 636. The number of alkyl halides is 3. The van der Waals surface area contributed by atoms with E-state index in [9.17, 15) is 13.2 Å². The molecule has 0 bridgehead atoms. The summed E-state index contributed by atoms with van der Waals surface area (Å²) in [6.07, 6.45) is 4.35. The number of hydrogen-bond acceptors (Lipinski definition) is 2. The summed E-state index contributed by atoms with van der Waals surface area (Å²) in [5.41, 5.74) is -0.278. The molecule has 1 saturated carbocycles. The van der Waals surface area contributed by atoms with E-state index in [-0.39, 0.29) is 0 Å². The summed E-state index contributed by atoms with van der Waals surface area (Å²) in [5.74, 6) is 0. The molecule has 2 fully saturated rings. The minimum absolute atomic E-state index is 0.385. The standard InChI is InChI=1S/C20H28F3N3S/c1-25(17-8-3-2-4-9-17)18-10-12-26(13-11-18)19(27)24-16-7-5-6-15(14-16)20(21,22)23/h5-7,14,17-18H,2-4,8-13H2,1H3,(H,24,27). The van der Waals surface area contributed by atoms with Gasteiger partial charge in [-0.2, -0.15) is 13.2 Å². The van der Waals surface area contributed by atoms with Crippen LogP contribution in [0, 0.1) is 0 Å². The lowest BCUT2D eigenvalue weighted by Crippen LogP contribution is -2.49. The number of rotatable bonds is 3. The topological polar surface area (TPSA) is 18.5 Å². The van der Waals surface area contributed by atoms with Crippen LogP contribution in [0.1, 0.15) is 50.5 Å². The Kier molecular flexibility index (Phi) is 6.63. The van der Waals surface area contributed by atoms with E-state index in [0.717, 1.165) is 38.1 Å². The quantitative estimate of drug-likeness (QED) is 0.710. The molecule has 0 atom stereocenters. The maximum Gasteiger partial charge on any atom is 0.416 e. The van der Waals surface area contributed by atoms with Crippen LogP contribution in [-0.4, -0.2) is 47.1 Å². The Labute approximate surface area is 164 Å². The van der Waals surface area contributed by atoms with Gasteiger partial charge in [0.25, 0.3) is 0 Å². The summed E-state index contributed by atoms with van der Waals surface area (Å²) in [6.45, 7) is 1.68. The number of likely N-dealkylation sites (tertiary alicyclic amines) is 1. The summed E-state index contributed by atoms with van der Waals surface area (Å²) in [6, 6.07) is 6.47. The molecule has 0 aromatic heterocycles. The van der Waals surface area contributed by atoms with Crippen LogP contribution in [0.3, 0.4) is 0 Å². The Morgan fingerprint density at radius 3 is 2.33 bits per heavy atom. The maximum atomic E-state index is 12.9. The summed E-state index contributed by atoms with van der Waals surface area (Å²) < 4.78 is 38.6. The molecule has 0 amide bonds. The van der Waals surface area contributed by atoms with Crippen LogP contribution in [0.2, 0.25) is 0 Å². The molecule has 1 aliphatic heterocycles. The molecule has 0 spiro atoms. The largest absolute Gasteiger partial charge is 0.416 e. The van der Waals surface area contributed by atoms with E-state index < -0.39 is 11.7 Å². The minimum atomic E-state index is -4.35. The second-order valence-electron chi connectivity index (χ2n) is 7.68. The van der Waals surface area contributed by atoms with Crippen molar-refractivity contribution in [2.75, 3.05) is 25.5 Å². The zero-order valence-corrected chi connectivity index (χ0v) is 16.6. The predicted octanol–water partition coefficient (Wildman–Crippen LogP) is 5.13. The molecule has 3 rings (SSSR count). The summed E-state index contributed by atoms with van der Waals surface area (Å²) in [7, 11) is 2.25. The average molecular weight is 400 g/mol. The van der Waals surface area contributed by atoms with Gasteiger partial charge in [-0.1, -0.05) is 25.3 Å². The van der Waals surface area contributed by atoms with Crippen LogP contribution < -0.4 is 5.32 Å². The van der Waals surface area contributed by atoms with Gasteiger partial charge in [0, 0.05) is 30.9 Å². The summed E-state index contributed by atoms with van der Waals surface area (Å²) >= 11 is 5.44. The van der Waals surface area contributed by atoms with E-state index in [1.54, 1.807) is 6.07 Å². The molecule has 1 saturated heterocycles. The second kappa shape index (κ2) is 8.78. The summed E-state index contributed by atoms with van der Waals surface area (Å²) in [5, 5.41) is 3.48. The number of nitrogens with zero attached hydrogens (tertiary/aromatic N) is 2. The average Bonchev–Trinajstić information content (AvgIpc) is 2.68. The molecule has 1 N–H and O–H groups in total. The lowest BCUT2D eigenvalue weighted by Gasteiger charge is -2.42. The van der Waals surface area contributed by atoms with Crippen LogP contribution in [0.25, 0.3) is 0 Å². The fraction of sp³-hybridized carbons (Fsp3) is 0.650. The highest BCUT2D eigenvalue weighted by Gasteiger charge is 2.31. The van der Waals surface area contributed by atoms with Gasteiger partial charge < -0.3 is 15.1 Å². The van der Waals surface area contributed by atoms with Crippen LogP contribution in [0.4, 0.5) is 18.9 Å². The highest BCUT2D eigenvalue weighted by Crippen LogP contribution is 2.31. The number of halogens is 3. The zero-order chi connectivity index (χ0) is 19.4. The van der Waals surface area contributed by atoms with Crippen molar-refractivity contribution >= 4 is 23.0 Å². The fourth-order valence-corrected chi connectivity index (χ4v) is 4.54. The molecule has 0 unspecified atom stereocenters. The van der Waals surface area contributed by atoms with E-state index >= 15 is 0 Å². The van der Waals surface area contributed by atoms with Crippen molar-refractivity contribution in [3.05, 3.63) is 29.8 Å². The molecular formula is C20H28F3N3S. The smallest absolute Gasteiger partial charge is 0.349 e. The number of hydrogen-bond donors (Lipinski definition) is 1. The van der Waals surface area contributed by atoms with Crippen molar-refractivity contribution in [2.45, 2.75) is 63.2 Å². The molecule has 7 heteroatoms. The normalized spacial score (nSPS) is 20.1. The van der Waals surface area contributed by atoms with Crippen molar-refractivity contribution in [1.29, 1.82) is 0 Å². The highest BCUT2D eigenvalue weighted by molar-refractivity contribution is 7.80. The highest BCUT2D eigenvalue weighted by atomic mass is 32.1. The monoisotopic (exact) mass is 399 g/mol. The van der Waals surface area contributed by atoms with Gasteiger partial charge >= 0.3 is 6.18 Å². The van der Waals surface area contributed by atoms with Gasteiger partial charge in [0.1, 0.15) is 0 Å². The van der Waals surface area contributed by atoms with E-state index in [4.69, 9.17) is 12.2 Å². The van der Waals surface area contributed by atoms with Gasteiger partial charge in [0.2, 0.25) is 0 Å². The second-order valence-corrected chi connectivity index (χ2v) is 8.07. The lowest BCUT2D eigenvalue weighted by atomic mass is 9.92. The zero-order valence-electron chi connectivity index (χ0n) is 15.8. The molecule has 3 nitrogen and oxygen atoms in total. The number of benzene rings is 1. The van der Waals surface area contributed by atoms with Crippen molar-refractivity contribution in [3.63, 3.8) is 0 Å². The third kappa shape index (κ3) is 5.35. The van der Waals surface area contributed by atoms with Gasteiger partial charge in [-0.3, -0.25) is 0 Å². The van der Waals surface area contributed by atoms with Crippen molar-refractivity contribution in [1.82, 2.24) is 9.80 Å². The van der Waals surface area contributed by atoms with E-state index in [0.29, 0.717) is 22.9 Å². The lowest BCUT2D eigenvalue weighted by molar-refractivity contribution is -0.137. The fourth-order valence-electron chi connectivity index (χ4n) is 4.24. The first-order valence-electron chi connectivity index (χ1n) is 9.80. The van der Waals surface area contributed by atoms with Crippen LogP contribution in [-0.2, 0) is 6.18 Å². The van der Waals surface area contributed by atoms with Gasteiger partial charge in [0.05, 0.1) is 5.56 Å². The van der Waals surface area contributed by atoms with E-state index in [2.05, 4.69) is 22.2 Å². The van der Waals surface area contributed by atoms with Crippen molar-refractivity contribution < 1.29 is 13.2 Å². The predicted molar refractivity (Wildman–Crippen MR) is 107 cm³/mol. The van der Waals surface area contributed by atoms with Gasteiger partial charge in [-0.05, 0) is 63.1 Å². The Morgan fingerprint density at radius 1 is 1.07 bits per heavy atom. The molecule has 0 radical (unpaired) electrons. The molecule has 1 aromatic carbocycles. The number of nitrogens with one attached hydrogen (secondary N) is 1. The van der Waals surface area contributed by atoms with Crippen LogP contribution in [0.15, 0.2) is 24.3 Å². The number of thiocarbonyl (C=S) groups is 1. The summed E-state index contributed by atoms with van der Waals surface area (Å²) in [4.78, 5) is 4.63. The first-order valence-corrected chi connectivity index (χ1v) is 10.2. The Balaban J connectivity index is 1.51. The third-order valence-corrected chi connectivity index (χ3v) is 6.28. The SMILES string of the molecule is CN(C1CCCCC1)C1CCN(C(=S)Nc2cccc(C(F)(F)F)c2)CC1. The van der Waals surface area contributed by atoms with Gasteiger partial charge in [0.15, 0.2) is 5.11 Å².